The SMILES string of the molecule is Fc1[c-]c(F)c(F)c(F)c1F.Fc1[c-]c(F)c(F)c(F)c1F.[CH2]=[Ni]. The molecule has 0 aliphatic rings. The Hall–Kier alpha value is -1.90. The molecule has 0 bridgehead atoms. The summed E-state index contributed by atoms with van der Waals surface area (Å²) in [5.41, 5.74) is 2.88. The van der Waals surface area contributed by atoms with Crippen LogP contribution in [0.1, 0.15) is 0 Å². The standard InChI is InChI=1S/2C6F5.CH2.Ni/c2*7-2-1-3(8)5(10)6(11)4(2)9;;/h;;1H2;/q2*-1;;. The molecule has 24 heavy (non-hydrogen) atoms. The topological polar surface area (TPSA) is 0 Å². The van der Waals surface area contributed by atoms with Crippen molar-refractivity contribution in [1.82, 2.24) is 0 Å². The summed E-state index contributed by atoms with van der Waals surface area (Å²) in [5, 5.41) is 0. The first-order chi connectivity index (χ1) is 11.1. The van der Waals surface area contributed by atoms with E-state index in [-0.39, 0.29) is 0 Å². The van der Waals surface area contributed by atoms with Crippen molar-refractivity contribution in [2.45, 2.75) is 0 Å². The number of hydrogen-bond acceptors (Lipinski definition) is 0. The normalized spacial score (nSPS) is 9.67. The molecule has 0 nitrogen and oxygen atoms in total. The predicted molar refractivity (Wildman–Crippen MR) is 57.3 cm³/mol. The summed E-state index contributed by atoms with van der Waals surface area (Å²) in [4.78, 5) is 0. The maximum atomic E-state index is 12.0. The van der Waals surface area contributed by atoms with Gasteiger partial charge in [-0.15, -0.1) is 12.1 Å². The molecule has 11 heteroatoms. The van der Waals surface area contributed by atoms with Gasteiger partial charge in [0.1, 0.15) is 0 Å². The second kappa shape index (κ2) is 9.41. The molecule has 2 rings (SSSR count). The van der Waals surface area contributed by atoms with Crippen molar-refractivity contribution >= 4 is 5.50 Å². The number of halogens is 10. The van der Waals surface area contributed by atoms with Crippen molar-refractivity contribution in [2.24, 2.45) is 0 Å². The van der Waals surface area contributed by atoms with Gasteiger partial charge in [0.05, 0.1) is 58.2 Å². The summed E-state index contributed by atoms with van der Waals surface area (Å²) >= 11 is 3.62. The summed E-state index contributed by atoms with van der Waals surface area (Å²) in [6, 6.07) is 2.05. The molecular formula is C13H2F10Ni-2. The van der Waals surface area contributed by atoms with Crippen molar-refractivity contribution in [1.29, 1.82) is 0 Å². The first-order valence-electron chi connectivity index (χ1n) is 5.11. The van der Waals surface area contributed by atoms with Gasteiger partial charge in [0.15, 0.2) is 0 Å². The molecule has 0 aliphatic carbocycles. The Morgan fingerprint density at radius 3 is 0.750 bits per heavy atom. The van der Waals surface area contributed by atoms with E-state index in [0.717, 1.165) is 12.1 Å². The fraction of sp³-hybridized carbons (Fsp3) is 0. The van der Waals surface area contributed by atoms with E-state index in [1.807, 2.05) is 0 Å². The molecule has 0 saturated carbocycles. The monoisotopic (exact) mass is 406 g/mol. The zero-order valence-electron chi connectivity index (χ0n) is 10.8. The van der Waals surface area contributed by atoms with Crippen molar-refractivity contribution in [2.75, 3.05) is 0 Å². The average Bonchev–Trinajstić information content (AvgIpc) is 2.57. The van der Waals surface area contributed by atoms with Crippen LogP contribution in [0.15, 0.2) is 0 Å². The first-order valence-corrected chi connectivity index (χ1v) is 5.81. The molecule has 0 N–H and O–H groups in total. The van der Waals surface area contributed by atoms with Crippen LogP contribution in [0.2, 0.25) is 0 Å². The molecule has 2 aromatic carbocycles. The van der Waals surface area contributed by atoms with Crippen LogP contribution in [-0.2, 0) is 15.0 Å². The van der Waals surface area contributed by atoms with Gasteiger partial charge in [0.2, 0.25) is 0 Å². The van der Waals surface area contributed by atoms with Gasteiger partial charge in [-0.2, -0.15) is 0 Å². The summed E-state index contributed by atoms with van der Waals surface area (Å²) in [6.07, 6.45) is 0. The van der Waals surface area contributed by atoms with E-state index in [9.17, 15) is 43.9 Å². The minimum atomic E-state index is -2.17. The molecule has 0 amide bonds. The fourth-order valence-corrected chi connectivity index (χ4v) is 0.990. The molecule has 2 aromatic rings. The third-order valence-electron chi connectivity index (χ3n) is 1.98. The second-order valence-corrected chi connectivity index (χ2v) is 3.39. The third kappa shape index (κ3) is 5.05. The maximum absolute atomic E-state index is 12.0. The summed E-state index contributed by atoms with van der Waals surface area (Å²) < 4.78 is 120. The third-order valence-corrected chi connectivity index (χ3v) is 1.98. The van der Waals surface area contributed by atoms with Crippen molar-refractivity contribution in [3.05, 3.63) is 70.3 Å². The molecule has 0 aromatic heterocycles. The molecule has 0 aliphatic heterocycles. The fourth-order valence-electron chi connectivity index (χ4n) is 0.990. The van der Waals surface area contributed by atoms with Crippen LogP contribution >= 0.6 is 0 Å². The molecule has 0 fully saturated rings. The summed E-state index contributed by atoms with van der Waals surface area (Å²) in [6.45, 7) is 0. The van der Waals surface area contributed by atoms with Gasteiger partial charge in [-0.25, -0.2) is 26.3 Å². The number of rotatable bonds is 0. The number of benzene rings is 2. The van der Waals surface area contributed by atoms with E-state index in [1.165, 1.54) is 0 Å². The van der Waals surface area contributed by atoms with E-state index in [0.29, 0.717) is 0 Å². The van der Waals surface area contributed by atoms with Crippen LogP contribution in [-0.4, -0.2) is 5.50 Å². The minimum absolute atomic E-state index is 1.02. The van der Waals surface area contributed by atoms with Gasteiger partial charge in [-0.1, -0.05) is 0 Å². The molecule has 0 unspecified atom stereocenters. The Kier molecular flexibility index (Phi) is 8.67. The van der Waals surface area contributed by atoms with E-state index in [1.54, 1.807) is 0 Å². The van der Waals surface area contributed by atoms with Gasteiger partial charge in [0, 0.05) is 0 Å². The van der Waals surface area contributed by atoms with E-state index in [4.69, 9.17) is 0 Å². The summed E-state index contributed by atoms with van der Waals surface area (Å²) in [5.74, 6) is -20.1. The van der Waals surface area contributed by atoms with Gasteiger partial charge < -0.3 is 0 Å². The summed E-state index contributed by atoms with van der Waals surface area (Å²) in [7, 11) is 0. The van der Waals surface area contributed by atoms with Crippen LogP contribution in [0.3, 0.4) is 0 Å². The van der Waals surface area contributed by atoms with E-state index < -0.39 is 58.2 Å². The zero-order chi connectivity index (χ0) is 19.2. The first kappa shape index (κ1) is 22.1. The Balaban J connectivity index is 0.000000400. The van der Waals surface area contributed by atoms with Crippen molar-refractivity contribution in [3.8, 4) is 0 Å². The van der Waals surface area contributed by atoms with E-state index >= 15 is 0 Å². The van der Waals surface area contributed by atoms with Gasteiger partial charge >= 0.3 is 20.5 Å². The Morgan fingerprint density at radius 2 is 0.583 bits per heavy atom. The molecular weight excluding hydrogens is 405 g/mol. The van der Waals surface area contributed by atoms with Gasteiger partial charge in [-0.3, -0.25) is 17.6 Å². The van der Waals surface area contributed by atoms with E-state index in [2.05, 4.69) is 20.5 Å². The molecule has 0 atom stereocenters. The van der Waals surface area contributed by atoms with Crippen LogP contribution in [0.4, 0.5) is 43.9 Å². The Labute approximate surface area is 135 Å². The van der Waals surface area contributed by atoms with Crippen LogP contribution in [0, 0.1) is 70.3 Å². The van der Waals surface area contributed by atoms with Crippen molar-refractivity contribution < 1.29 is 58.9 Å². The average molecular weight is 407 g/mol. The van der Waals surface area contributed by atoms with Crippen LogP contribution < -0.4 is 0 Å². The Morgan fingerprint density at radius 1 is 0.417 bits per heavy atom. The quantitative estimate of drug-likeness (QED) is 0.201. The second-order valence-electron chi connectivity index (χ2n) is 3.39. The van der Waals surface area contributed by atoms with Crippen LogP contribution in [0.25, 0.3) is 0 Å². The predicted octanol–water partition coefficient (Wildman–Crippen LogP) is 4.33. The zero-order valence-corrected chi connectivity index (χ0v) is 11.8. The van der Waals surface area contributed by atoms with Gasteiger partial charge in [0.25, 0.3) is 0 Å². The molecule has 0 spiro atoms. The van der Waals surface area contributed by atoms with Crippen molar-refractivity contribution in [3.63, 3.8) is 0 Å². The van der Waals surface area contributed by atoms with Crippen LogP contribution in [0.5, 0.6) is 0 Å². The molecule has 0 saturated heterocycles. The molecule has 0 radical (unpaired) electrons. The Bertz CT molecular complexity index is 618. The molecule has 0 heterocycles. The van der Waals surface area contributed by atoms with Gasteiger partial charge in [-0.05, 0) is 0 Å². The molecule has 136 valence electrons. The number of hydrogen-bond donors (Lipinski definition) is 0.